The molecule has 0 aliphatic carbocycles. The van der Waals surface area contributed by atoms with Crippen LogP contribution in [0.25, 0.3) is 10.9 Å². The molecule has 1 aliphatic rings. The van der Waals surface area contributed by atoms with Crippen LogP contribution in [-0.2, 0) is 13.0 Å². The minimum atomic E-state index is 0.0760. The molecule has 3 aromatic rings. The number of hydrogen-bond acceptors (Lipinski definition) is 4. The topological polar surface area (TPSA) is 72.4 Å². The van der Waals surface area contributed by atoms with Gasteiger partial charge in [0.15, 0.2) is 5.96 Å². The summed E-state index contributed by atoms with van der Waals surface area (Å²) in [5, 5.41) is 17.4. The van der Waals surface area contributed by atoms with Crippen LogP contribution in [0.15, 0.2) is 53.7 Å². The Bertz CT molecular complexity index is 958. The summed E-state index contributed by atoms with van der Waals surface area (Å²) in [5.41, 5.74) is 5.90. The lowest BCUT2D eigenvalue weighted by Gasteiger charge is -2.17. The molecule has 0 fully saturated rings. The van der Waals surface area contributed by atoms with Crippen LogP contribution in [0.5, 0.6) is 0 Å². The number of aromatic nitrogens is 1. The lowest BCUT2D eigenvalue weighted by atomic mass is 10.0. The number of H-pyrrole nitrogens is 1. The molecular formula is C22H26N4O. The summed E-state index contributed by atoms with van der Waals surface area (Å²) in [4.78, 5) is 7.99. The summed E-state index contributed by atoms with van der Waals surface area (Å²) in [6, 6.07) is 15.0. The molecule has 2 atom stereocenters. The molecule has 5 heteroatoms. The first-order valence-corrected chi connectivity index (χ1v) is 9.46. The highest BCUT2D eigenvalue weighted by Crippen LogP contribution is 2.21. The van der Waals surface area contributed by atoms with Crippen LogP contribution < -0.4 is 10.6 Å². The second-order valence-electron chi connectivity index (χ2n) is 7.40. The second-order valence-corrected chi connectivity index (χ2v) is 7.40. The molecule has 5 nitrogen and oxygen atoms in total. The van der Waals surface area contributed by atoms with E-state index in [-0.39, 0.29) is 18.7 Å². The van der Waals surface area contributed by atoms with Crippen molar-refractivity contribution in [3.63, 3.8) is 0 Å². The molecule has 0 bridgehead atoms. The third-order valence-corrected chi connectivity index (χ3v) is 5.14. The number of fused-ring (bicyclic) bond motifs is 1. The molecule has 0 spiro atoms. The van der Waals surface area contributed by atoms with Gasteiger partial charge in [-0.25, -0.2) is 0 Å². The van der Waals surface area contributed by atoms with E-state index in [0.29, 0.717) is 0 Å². The normalized spacial score (nSPS) is 17.6. The molecule has 4 N–H and O–H groups in total. The van der Waals surface area contributed by atoms with Gasteiger partial charge in [-0.2, -0.15) is 0 Å². The molecule has 0 radical (unpaired) electrons. The fraction of sp³-hybridized carbons (Fsp3) is 0.318. The molecule has 1 aliphatic heterocycles. The fourth-order valence-electron chi connectivity index (χ4n) is 3.65. The molecule has 2 aromatic carbocycles. The molecular weight excluding hydrogens is 336 g/mol. The maximum absolute atomic E-state index is 9.17. The van der Waals surface area contributed by atoms with Crippen molar-refractivity contribution >= 4 is 16.9 Å². The number of aromatic amines is 1. The van der Waals surface area contributed by atoms with E-state index in [1.807, 2.05) is 12.1 Å². The van der Waals surface area contributed by atoms with E-state index < -0.39 is 0 Å². The zero-order valence-corrected chi connectivity index (χ0v) is 15.8. The SMILES string of the molecule is Cc1ccc2c(CC(C)NC3=NCC(c4ccc(CO)cc4)N3)c[nH]c2c1. The summed E-state index contributed by atoms with van der Waals surface area (Å²) in [5.74, 6) is 0.856. The summed E-state index contributed by atoms with van der Waals surface area (Å²) >= 11 is 0. The van der Waals surface area contributed by atoms with Gasteiger partial charge in [-0.05, 0) is 48.6 Å². The Kier molecular flexibility index (Phi) is 4.86. The fourth-order valence-corrected chi connectivity index (χ4v) is 3.65. The van der Waals surface area contributed by atoms with Crippen LogP contribution in [0.3, 0.4) is 0 Å². The van der Waals surface area contributed by atoms with Crippen LogP contribution in [0, 0.1) is 6.92 Å². The Labute approximate surface area is 159 Å². The van der Waals surface area contributed by atoms with Gasteiger partial charge in [0, 0.05) is 23.1 Å². The first-order valence-electron chi connectivity index (χ1n) is 9.46. The largest absolute Gasteiger partial charge is 0.392 e. The van der Waals surface area contributed by atoms with Crippen LogP contribution >= 0.6 is 0 Å². The van der Waals surface area contributed by atoms with Crippen LogP contribution in [0.2, 0.25) is 0 Å². The molecule has 0 saturated carbocycles. The van der Waals surface area contributed by atoms with Crippen molar-refractivity contribution in [1.29, 1.82) is 0 Å². The molecule has 140 valence electrons. The maximum Gasteiger partial charge on any atom is 0.192 e. The minimum Gasteiger partial charge on any atom is -0.392 e. The first kappa shape index (κ1) is 17.6. The number of aliphatic hydroxyl groups is 1. The average Bonchev–Trinajstić information content (AvgIpc) is 3.29. The van der Waals surface area contributed by atoms with E-state index >= 15 is 0 Å². The molecule has 4 rings (SSSR count). The quantitative estimate of drug-likeness (QED) is 0.563. The van der Waals surface area contributed by atoms with Crippen molar-refractivity contribution in [2.24, 2.45) is 4.99 Å². The van der Waals surface area contributed by atoms with E-state index in [1.54, 1.807) is 0 Å². The lowest BCUT2D eigenvalue weighted by Crippen LogP contribution is -2.41. The summed E-state index contributed by atoms with van der Waals surface area (Å²) in [6.45, 7) is 5.09. The van der Waals surface area contributed by atoms with E-state index in [1.165, 1.54) is 27.6 Å². The van der Waals surface area contributed by atoms with Gasteiger partial charge in [0.1, 0.15) is 0 Å². The summed E-state index contributed by atoms with van der Waals surface area (Å²) < 4.78 is 0. The third kappa shape index (κ3) is 3.83. The molecule has 2 unspecified atom stereocenters. The molecule has 27 heavy (non-hydrogen) atoms. The summed E-state index contributed by atoms with van der Waals surface area (Å²) in [6.07, 6.45) is 3.04. The molecule has 1 aromatic heterocycles. The van der Waals surface area contributed by atoms with Gasteiger partial charge in [-0.3, -0.25) is 4.99 Å². The molecule has 0 amide bonds. The van der Waals surface area contributed by atoms with E-state index in [2.05, 4.69) is 71.0 Å². The predicted octanol–water partition coefficient (Wildman–Crippen LogP) is 3.19. The van der Waals surface area contributed by atoms with Crippen LogP contribution in [0.4, 0.5) is 0 Å². The molecule has 2 heterocycles. The average molecular weight is 362 g/mol. The van der Waals surface area contributed by atoms with Gasteiger partial charge >= 0.3 is 0 Å². The Morgan fingerprint density at radius 2 is 2.04 bits per heavy atom. The zero-order chi connectivity index (χ0) is 18.8. The van der Waals surface area contributed by atoms with Gasteiger partial charge in [-0.1, -0.05) is 36.4 Å². The Hall–Kier alpha value is -2.79. The number of hydrogen-bond donors (Lipinski definition) is 4. The highest BCUT2D eigenvalue weighted by atomic mass is 16.3. The van der Waals surface area contributed by atoms with Crippen LogP contribution in [-0.4, -0.2) is 28.6 Å². The number of aryl methyl sites for hydroxylation is 1. The minimum absolute atomic E-state index is 0.0760. The monoisotopic (exact) mass is 362 g/mol. The number of guanidine groups is 1. The number of aliphatic imine (C=N–C) groups is 1. The van der Waals surface area contributed by atoms with Crippen molar-refractivity contribution in [2.75, 3.05) is 6.54 Å². The second kappa shape index (κ2) is 7.45. The van der Waals surface area contributed by atoms with Gasteiger partial charge in [0.05, 0.1) is 19.2 Å². The van der Waals surface area contributed by atoms with Crippen molar-refractivity contribution in [3.8, 4) is 0 Å². The number of nitrogens with one attached hydrogen (secondary N) is 3. The van der Waals surface area contributed by atoms with E-state index in [0.717, 1.165) is 24.5 Å². The zero-order valence-electron chi connectivity index (χ0n) is 15.8. The number of aliphatic hydroxyl groups excluding tert-OH is 1. The van der Waals surface area contributed by atoms with Crippen molar-refractivity contribution in [1.82, 2.24) is 15.6 Å². The standard InChI is InChI=1S/C22H26N4O/c1-14-3-8-19-18(11-23-20(19)9-14)10-15(2)25-22-24-12-21(26-22)17-6-4-16(13-27)5-7-17/h3-9,11,15,21,23,27H,10,12-13H2,1-2H3,(H2,24,25,26). The number of benzene rings is 2. The maximum atomic E-state index is 9.17. The highest BCUT2D eigenvalue weighted by Gasteiger charge is 2.20. The smallest absolute Gasteiger partial charge is 0.192 e. The van der Waals surface area contributed by atoms with Crippen molar-refractivity contribution in [2.45, 2.75) is 39.0 Å². The van der Waals surface area contributed by atoms with E-state index in [9.17, 15) is 0 Å². The third-order valence-electron chi connectivity index (χ3n) is 5.14. The van der Waals surface area contributed by atoms with E-state index in [4.69, 9.17) is 5.11 Å². The summed E-state index contributed by atoms with van der Waals surface area (Å²) in [7, 11) is 0. The van der Waals surface area contributed by atoms with Crippen molar-refractivity contribution in [3.05, 3.63) is 70.9 Å². The predicted molar refractivity (Wildman–Crippen MR) is 110 cm³/mol. The molecule has 0 saturated heterocycles. The Morgan fingerprint density at radius 1 is 1.22 bits per heavy atom. The number of rotatable bonds is 5. The highest BCUT2D eigenvalue weighted by molar-refractivity contribution is 5.84. The first-order chi connectivity index (χ1) is 13.1. The van der Waals surface area contributed by atoms with Gasteiger partial charge < -0.3 is 20.7 Å². The lowest BCUT2D eigenvalue weighted by molar-refractivity contribution is 0.282. The van der Waals surface area contributed by atoms with Crippen LogP contribution in [0.1, 0.15) is 35.2 Å². The van der Waals surface area contributed by atoms with Gasteiger partial charge in [0.25, 0.3) is 0 Å². The van der Waals surface area contributed by atoms with Gasteiger partial charge in [0.2, 0.25) is 0 Å². The Morgan fingerprint density at radius 3 is 2.81 bits per heavy atom. The number of nitrogens with zero attached hydrogens (tertiary/aromatic N) is 1. The Balaban J connectivity index is 1.36. The van der Waals surface area contributed by atoms with Gasteiger partial charge in [-0.15, -0.1) is 0 Å². The van der Waals surface area contributed by atoms with Crippen molar-refractivity contribution < 1.29 is 5.11 Å².